The highest BCUT2D eigenvalue weighted by Gasteiger charge is 2.43. The van der Waals surface area contributed by atoms with E-state index in [0.717, 1.165) is 41.7 Å². The van der Waals surface area contributed by atoms with Gasteiger partial charge in [0, 0.05) is 23.0 Å². The maximum Gasteiger partial charge on any atom is 0.253 e. The fourth-order valence-corrected chi connectivity index (χ4v) is 5.45. The van der Waals surface area contributed by atoms with Crippen LogP contribution in [0.5, 0.6) is 0 Å². The number of amides is 1. The fraction of sp³-hybridized carbons (Fsp3) is 0.292. The van der Waals surface area contributed by atoms with Crippen LogP contribution in [-0.4, -0.2) is 42.6 Å². The largest absolute Gasteiger partial charge is 0.272 e. The highest BCUT2D eigenvalue weighted by atomic mass is 35.5. The van der Waals surface area contributed by atoms with Crippen LogP contribution in [0.1, 0.15) is 36.4 Å². The lowest BCUT2D eigenvalue weighted by atomic mass is 9.77. The predicted molar refractivity (Wildman–Crippen MR) is 135 cm³/mol. The molecular weight excluding hydrogens is 491 g/mol. The summed E-state index contributed by atoms with van der Waals surface area (Å²) in [4.78, 5) is 13.4. The fourth-order valence-electron chi connectivity index (χ4n) is 4.50. The van der Waals surface area contributed by atoms with E-state index in [1.54, 1.807) is 16.7 Å². The van der Waals surface area contributed by atoms with E-state index in [9.17, 15) is 4.79 Å². The number of carbonyl (C=O) groups excluding carboxylic acids is 1. The molecule has 34 heavy (non-hydrogen) atoms. The van der Waals surface area contributed by atoms with Gasteiger partial charge in [-0.05, 0) is 76.7 Å². The first-order valence-electron chi connectivity index (χ1n) is 11.0. The average molecular weight is 513 g/mol. The second-order valence-electron chi connectivity index (χ2n) is 8.31. The Labute approximate surface area is 211 Å². The Balaban J connectivity index is 1.47. The zero-order chi connectivity index (χ0) is 23.7. The summed E-state index contributed by atoms with van der Waals surface area (Å²) in [7, 11) is 1.75. The maximum atomic E-state index is 13.4. The minimum absolute atomic E-state index is 0.0827. The Kier molecular flexibility index (Phi) is 6.72. The monoisotopic (exact) mass is 512 g/mol. The molecule has 174 valence electrons. The second kappa shape index (κ2) is 9.90. The summed E-state index contributed by atoms with van der Waals surface area (Å²) in [6.45, 7) is 0. The molecular formula is C24H22Cl2N6OS. The number of hydrazone groups is 1. The van der Waals surface area contributed by atoms with E-state index in [0.29, 0.717) is 15.2 Å². The number of tetrazole rings is 1. The van der Waals surface area contributed by atoms with Crippen molar-refractivity contribution >= 4 is 52.7 Å². The van der Waals surface area contributed by atoms with Crippen molar-refractivity contribution < 1.29 is 4.79 Å². The predicted octanol–water partition coefficient (Wildman–Crippen LogP) is 5.43. The summed E-state index contributed by atoms with van der Waals surface area (Å²) < 4.78 is 1.55. The van der Waals surface area contributed by atoms with Crippen molar-refractivity contribution in [3.63, 3.8) is 0 Å². The number of hydrogen-bond acceptors (Lipinski definition) is 6. The quantitative estimate of drug-likeness (QED) is 0.425. The number of aromatic nitrogens is 4. The van der Waals surface area contributed by atoms with Crippen LogP contribution >= 0.6 is 35.0 Å². The molecule has 1 fully saturated rings. The van der Waals surface area contributed by atoms with Gasteiger partial charge >= 0.3 is 0 Å². The average Bonchev–Trinajstić information content (AvgIpc) is 3.43. The Morgan fingerprint density at radius 1 is 1.12 bits per heavy atom. The van der Waals surface area contributed by atoms with Crippen LogP contribution in [0, 0.1) is 5.92 Å². The number of nitrogens with zero attached hydrogens (tertiary/aromatic N) is 6. The van der Waals surface area contributed by atoms with Gasteiger partial charge in [0.1, 0.15) is 0 Å². The molecule has 0 spiro atoms. The molecule has 0 saturated heterocycles. The number of benzene rings is 2. The lowest BCUT2D eigenvalue weighted by Crippen LogP contribution is -2.32. The molecule has 1 amide bonds. The van der Waals surface area contributed by atoms with Gasteiger partial charge in [-0.1, -0.05) is 59.2 Å². The first-order valence-corrected chi connectivity index (χ1v) is 12.7. The van der Waals surface area contributed by atoms with E-state index in [1.165, 1.54) is 11.8 Å². The topological polar surface area (TPSA) is 76.3 Å². The third-order valence-electron chi connectivity index (χ3n) is 6.09. The molecule has 1 aliphatic carbocycles. The number of thioether (sulfide) groups is 1. The number of fused-ring (bicyclic) bond motifs is 1. The van der Waals surface area contributed by atoms with Crippen molar-refractivity contribution in [2.45, 2.75) is 30.5 Å². The van der Waals surface area contributed by atoms with Crippen molar-refractivity contribution in [2.24, 2.45) is 18.1 Å². The Bertz CT molecular complexity index is 1260. The molecule has 2 atom stereocenters. The zero-order valence-electron chi connectivity index (χ0n) is 18.4. The highest BCUT2D eigenvalue weighted by Crippen LogP contribution is 2.44. The maximum absolute atomic E-state index is 13.4. The van der Waals surface area contributed by atoms with Gasteiger partial charge in [-0.3, -0.25) is 4.79 Å². The Morgan fingerprint density at radius 2 is 1.82 bits per heavy atom. The first-order chi connectivity index (χ1) is 16.5. The van der Waals surface area contributed by atoms with Crippen molar-refractivity contribution in [3.05, 3.63) is 75.3 Å². The molecule has 2 aliphatic rings. The molecule has 2 aromatic carbocycles. The minimum atomic E-state index is -0.174. The number of rotatable bonds is 5. The van der Waals surface area contributed by atoms with Gasteiger partial charge in [-0.25, -0.2) is 9.69 Å². The molecule has 5 rings (SSSR count). The SMILES string of the molecule is Cn1nnnc1SCC(=O)N1N=C2/C(=C\c3ccc(Cl)cc3)CCC[C@@H]2[C@@H]1c1ccc(Cl)cc1. The van der Waals surface area contributed by atoms with Gasteiger partial charge in [-0.2, -0.15) is 5.10 Å². The molecule has 0 unspecified atom stereocenters. The van der Waals surface area contributed by atoms with Gasteiger partial charge in [0.2, 0.25) is 5.16 Å². The van der Waals surface area contributed by atoms with Gasteiger partial charge in [-0.15, -0.1) is 5.10 Å². The van der Waals surface area contributed by atoms with Gasteiger partial charge < -0.3 is 0 Å². The lowest BCUT2D eigenvalue weighted by molar-refractivity contribution is -0.130. The Hall–Kier alpha value is -2.68. The van der Waals surface area contributed by atoms with Crippen LogP contribution in [0.3, 0.4) is 0 Å². The molecule has 1 saturated carbocycles. The molecule has 1 aliphatic heterocycles. The van der Waals surface area contributed by atoms with Gasteiger partial charge in [0.25, 0.3) is 5.91 Å². The van der Waals surface area contributed by atoms with Crippen molar-refractivity contribution in [3.8, 4) is 0 Å². The number of aryl methyl sites for hydroxylation is 1. The van der Waals surface area contributed by atoms with Crippen LogP contribution in [0.2, 0.25) is 10.0 Å². The molecule has 0 bridgehead atoms. The molecule has 3 aromatic rings. The number of allylic oxidation sites excluding steroid dienone is 1. The Morgan fingerprint density at radius 3 is 2.50 bits per heavy atom. The normalized spacial score (nSPS) is 21.0. The summed E-state index contributed by atoms with van der Waals surface area (Å²) in [6.07, 6.45) is 5.09. The second-order valence-corrected chi connectivity index (χ2v) is 10.1. The molecule has 0 N–H and O–H groups in total. The minimum Gasteiger partial charge on any atom is -0.272 e. The highest BCUT2D eigenvalue weighted by molar-refractivity contribution is 7.99. The van der Waals surface area contributed by atoms with Crippen molar-refractivity contribution in [1.82, 2.24) is 25.2 Å². The van der Waals surface area contributed by atoms with Gasteiger partial charge in [0.15, 0.2) is 0 Å². The van der Waals surface area contributed by atoms with E-state index in [1.807, 2.05) is 48.5 Å². The van der Waals surface area contributed by atoms with E-state index < -0.39 is 0 Å². The molecule has 2 heterocycles. The lowest BCUT2D eigenvalue weighted by Gasteiger charge is -2.29. The van der Waals surface area contributed by atoms with Crippen LogP contribution in [0.4, 0.5) is 0 Å². The third-order valence-corrected chi connectivity index (χ3v) is 7.58. The zero-order valence-corrected chi connectivity index (χ0v) is 20.8. The van der Waals surface area contributed by atoms with E-state index in [2.05, 4.69) is 21.6 Å². The molecule has 0 radical (unpaired) electrons. The summed E-state index contributed by atoms with van der Waals surface area (Å²) >= 11 is 13.5. The number of hydrogen-bond donors (Lipinski definition) is 0. The molecule has 10 heteroatoms. The first kappa shape index (κ1) is 23.1. The van der Waals surface area contributed by atoms with Crippen LogP contribution in [0.15, 0.2) is 64.4 Å². The number of carbonyl (C=O) groups is 1. The summed E-state index contributed by atoms with van der Waals surface area (Å²) in [5.74, 6) is 0.234. The standard InChI is InChI=1S/C24H22Cl2N6OS/c1-31-24(27-29-30-31)34-14-21(33)32-23(16-7-11-19(26)12-8-16)20-4-2-3-17(22(20)28-32)13-15-5-9-18(25)10-6-15/h5-13,20,23H,2-4,14H2,1H3/b17-13-/t20-,23-/m0/s1. The summed E-state index contributed by atoms with van der Waals surface area (Å²) in [5.41, 5.74) is 4.25. The molecule has 1 aromatic heterocycles. The van der Waals surface area contributed by atoms with Gasteiger partial charge in [0.05, 0.1) is 17.5 Å². The van der Waals surface area contributed by atoms with Crippen molar-refractivity contribution in [2.75, 3.05) is 5.75 Å². The van der Waals surface area contributed by atoms with E-state index in [4.69, 9.17) is 28.3 Å². The van der Waals surface area contributed by atoms with Crippen LogP contribution in [0.25, 0.3) is 6.08 Å². The number of halogens is 2. The third kappa shape index (κ3) is 4.76. The van der Waals surface area contributed by atoms with E-state index in [-0.39, 0.29) is 23.6 Å². The molecule has 7 nitrogen and oxygen atoms in total. The summed E-state index contributed by atoms with van der Waals surface area (Å²) in [5, 5.41) is 20.0. The smallest absolute Gasteiger partial charge is 0.253 e. The summed E-state index contributed by atoms with van der Waals surface area (Å²) in [6, 6.07) is 15.3. The van der Waals surface area contributed by atoms with E-state index >= 15 is 0 Å². The van der Waals surface area contributed by atoms with Crippen LogP contribution in [-0.2, 0) is 11.8 Å². The van der Waals surface area contributed by atoms with Crippen molar-refractivity contribution in [1.29, 1.82) is 0 Å². The van der Waals surface area contributed by atoms with Crippen LogP contribution < -0.4 is 0 Å².